The van der Waals surface area contributed by atoms with Gasteiger partial charge in [-0.3, -0.25) is 9.59 Å². The Labute approximate surface area is 176 Å². The van der Waals surface area contributed by atoms with E-state index in [0.717, 1.165) is 23.9 Å². The summed E-state index contributed by atoms with van der Waals surface area (Å²) in [5.41, 5.74) is 7.07. The van der Waals surface area contributed by atoms with E-state index in [-0.39, 0.29) is 17.6 Å². The molecule has 0 radical (unpaired) electrons. The molecule has 4 aromatic rings. The average Bonchev–Trinajstić information content (AvgIpc) is 3.44. The Bertz CT molecular complexity index is 1370. The molecule has 1 fully saturated rings. The maximum atomic E-state index is 13.3. The van der Waals surface area contributed by atoms with E-state index in [4.69, 9.17) is 17.3 Å². The van der Waals surface area contributed by atoms with Gasteiger partial charge in [-0.15, -0.1) is 0 Å². The largest absolute Gasteiger partial charge is 0.366 e. The second-order valence-corrected chi connectivity index (χ2v) is 7.97. The maximum absolute atomic E-state index is 13.3. The lowest BCUT2D eigenvalue weighted by Crippen LogP contribution is -2.26. The third-order valence-corrected chi connectivity index (χ3v) is 5.82. The number of anilines is 1. The van der Waals surface area contributed by atoms with Crippen molar-refractivity contribution in [3.63, 3.8) is 0 Å². The van der Waals surface area contributed by atoms with Crippen molar-refractivity contribution >= 4 is 45.1 Å². The molecule has 1 aromatic carbocycles. The Hall–Kier alpha value is -3.39. The molecule has 9 heteroatoms. The van der Waals surface area contributed by atoms with Gasteiger partial charge in [0.15, 0.2) is 0 Å². The molecule has 5 rings (SSSR count). The van der Waals surface area contributed by atoms with Gasteiger partial charge in [-0.05, 0) is 37.3 Å². The Morgan fingerprint density at radius 3 is 2.87 bits per heavy atom. The molecule has 0 spiro atoms. The van der Waals surface area contributed by atoms with E-state index in [1.54, 1.807) is 6.07 Å². The fourth-order valence-electron chi connectivity index (χ4n) is 3.94. The summed E-state index contributed by atoms with van der Waals surface area (Å²) in [5, 5.41) is 5.65. The number of primary amides is 1. The molecule has 4 N–H and O–H groups in total. The molecule has 1 saturated carbocycles. The van der Waals surface area contributed by atoms with Crippen molar-refractivity contribution in [1.29, 1.82) is 0 Å². The number of H-pyrrole nitrogens is 1. The van der Waals surface area contributed by atoms with E-state index in [9.17, 15) is 9.59 Å². The highest BCUT2D eigenvalue weighted by molar-refractivity contribution is 6.35. The van der Waals surface area contributed by atoms with E-state index in [1.807, 2.05) is 29.7 Å². The van der Waals surface area contributed by atoms with E-state index in [1.165, 1.54) is 12.5 Å². The average molecular weight is 423 g/mol. The fourth-order valence-corrected chi connectivity index (χ4v) is 4.20. The van der Waals surface area contributed by atoms with Crippen LogP contribution in [0.1, 0.15) is 47.9 Å². The highest BCUT2D eigenvalue weighted by Crippen LogP contribution is 2.38. The molecule has 0 bridgehead atoms. The highest BCUT2D eigenvalue weighted by Gasteiger charge is 2.30. The minimum Gasteiger partial charge on any atom is -0.366 e. The van der Waals surface area contributed by atoms with Gasteiger partial charge in [-0.2, -0.15) is 0 Å². The number of halogens is 1. The topological polar surface area (TPSA) is 119 Å². The summed E-state index contributed by atoms with van der Waals surface area (Å²) in [5.74, 6) is -0.0921. The first kappa shape index (κ1) is 18.6. The van der Waals surface area contributed by atoms with Crippen molar-refractivity contribution in [1.82, 2.24) is 19.5 Å². The maximum Gasteiger partial charge on any atom is 0.260 e. The first-order valence-electron chi connectivity index (χ1n) is 9.67. The number of nitrogens with two attached hydrogens (primary N) is 1. The molecule has 1 amide bonds. The zero-order valence-electron chi connectivity index (χ0n) is 16.1. The first-order valence-corrected chi connectivity index (χ1v) is 10.1. The van der Waals surface area contributed by atoms with Gasteiger partial charge >= 0.3 is 0 Å². The Kier molecular flexibility index (Phi) is 4.25. The zero-order chi connectivity index (χ0) is 21.0. The lowest BCUT2D eigenvalue weighted by molar-refractivity contribution is 0.100. The summed E-state index contributed by atoms with van der Waals surface area (Å²) in [6, 6.07) is 7.34. The van der Waals surface area contributed by atoms with Crippen LogP contribution in [-0.4, -0.2) is 25.4 Å². The number of aromatic nitrogens is 4. The van der Waals surface area contributed by atoms with Gasteiger partial charge in [0.2, 0.25) is 0 Å². The van der Waals surface area contributed by atoms with Crippen molar-refractivity contribution in [2.45, 2.75) is 31.8 Å². The molecular weight excluding hydrogens is 404 g/mol. The monoisotopic (exact) mass is 422 g/mol. The van der Waals surface area contributed by atoms with E-state index in [2.05, 4.69) is 20.3 Å². The van der Waals surface area contributed by atoms with Crippen LogP contribution in [-0.2, 0) is 0 Å². The van der Waals surface area contributed by atoms with Gasteiger partial charge in [-0.25, -0.2) is 9.97 Å². The third-order valence-electron chi connectivity index (χ3n) is 5.50. The normalized spacial score (nSPS) is 14.9. The highest BCUT2D eigenvalue weighted by atomic mass is 35.5. The molecule has 1 aliphatic rings. The number of carbonyl (C=O) groups excluding carboxylic acids is 1. The summed E-state index contributed by atoms with van der Waals surface area (Å²) in [6.45, 7) is 1.95. The SMILES string of the molecule is CC(Nc1ncnc2[nH]cc(C(N)=O)c12)c1cc2cccc(Cl)c2c(=O)n1C1CC1. The second-order valence-electron chi connectivity index (χ2n) is 7.56. The van der Waals surface area contributed by atoms with E-state index in [0.29, 0.717) is 32.8 Å². The number of hydrogen-bond donors (Lipinski definition) is 3. The summed E-state index contributed by atoms with van der Waals surface area (Å²) < 4.78 is 1.83. The van der Waals surface area contributed by atoms with Crippen LogP contribution in [0.2, 0.25) is 5.02 Å². The van der Waals surface area contributed by atoms with Crippen LogP contribution in [0.3, 0.4) is 0 Å². The number of carbonyl (C=O) groups is 1. The summed E-state index contributed by atoms with van der Waals surface area (Å²) in [4.78, 5) is 36.5. The standard InChI is InChI=1S/C21H19ClN6O2/c1-10(27-20-17-13(18(23)29)8-24-19(17)25-9-26-20)15-7-11-3-2-4-14(22)16(11)21(30)28(15)12-5-6-12/h2-4,7-10,12H,5-6H2,1H3,(H2,23,29)(H2,24,25,26,27). The molecular formula is C21H19ClN6O2. The van der Waals surface area contributed by atoms with Crippen molar-refractivity contribution in [3.05, 3.63) is 63.4 Å². The van der Waals surface area contributed by atoms with E-state index >= 15 is 0 Å². The second kappa shape index (κ2) is 6.84. The molecule has 1 atom stereocenters. The smallest absolute Gasteiger partial charge is 0.260 e. The number of amides is 1. The van der Waals surface area contributed by atoms with Crippen molar-refractivity contribution in [2.75, 3.05) is 5.32 Å². The molecule has 1 unspecified atom stereocenters. The van der Waals surface area contributed by atoms with Crippen LogP contribution in [0.15, 0.2) is 41.6 Å². The van der Waals surface area contributed by atoms with Crippen molar-refractivity contribution in [3.8, 4) is 0 Å². The van der Waals surface area contributed by atoms with Crippen LogP contribution in [0.4, 0.5) is 5.82 Å². The van der Waals surface area contributed by atoms with Gasteiger partial charge in [0.25, 0.3) is 11.5 Å². The van der Waals surface area contributed by atoms with Crippen LogP contribution >= 0.6 is 11.6 Å². The first-order chi connectivity index (χ1) is 14.5. The summed E-state index contributed by atoms with van der Waals surface area (Å²) in [7, 11) is 0. The Morgan fingerprint density at radius 1 is 1.33 bits per heavy atom. The quantitative estimate of drug-likeness (QED) is 0.454. The minimum absolute atomic E-state index is 0.0865. The number of benzene rings is 1. The number of hydrogen-bond acceptors (Lipinski definition) is 5. The third kappa shape index (κ3) is 2.91. The molecule has 30 heavy (non-hydrogen) atoms. The van der Waals surface area contributed by atoms with Crippen molar-refractivity contribution in [2.24, 2.45) is 5.73 Å². The Morgan fingerprint density at radius 2 is 2.13 bits per heavy atom. The van der Waals surface area contributed by atoms with E-state index < -0.39 is 5.91 Å². The lowest BCUT2D eigenvalue weighted by Gasteiger charge is -2.21. The molecule has 1 aliphatic carbocycles. The number of fused-ring (bicyclic) bond motifs is 2. The van der Waals surface area contributed by atoms with Crippen LogP contribution in [0.5, 0.6) is 0 Å². The number of nitrogens with zero attached hydrogens (tertiary/aromatic N) is 3. The van der Waals surface area contributed by atoms with Crippen LogP contribution < -0.4 is 16.6 Å². The predicted molar refractivity (Wildman–Crippen MR) is 116 cm³/mol. The van der Waals surface area contributed by atoms with Gasteiger partial charge in [-0.1, -0.05) is 23.7 Å². The van der Waals surface area contributed by atoms with Crippen LogP contribution in [0.25, 0.3) is 21.8 Å². The minimum atomic E-state index is -0.568. The fraction of sp³-hybridized carbons (Fsp3) is 0.238. The van der Waals surface area contributed by atoms with Gasteiger partial charge in [0.1, 0.15) is 17.8 Å². The molecule has 3 heterocycles. The molecule has 0 saturated heterocycles. The number of nitrogens with one attached hydrogen (secondary N) is 2. The van der Waals surface area contributed by atoms with Crippen LogP contribution in [0, 0.1) is 0 Å². The molecule has 152 valence electrons. The summed E-state index contributed by atoms with van der Waals surface area (Å²) >= 11 is 6.33. The van der Waals surface area contributed by atoms with Gasteiger partial charge in [0.05, 0.1) is 27.4 Å². The molecule has 8 nitrogen and oxygen atoms in total. The molecule has 0 aliphatic heterocycles. The van der Waals surface area contributed by atoms with Gasteiger partial charge in [0, 0.05) is 17.9 Å². The Balaban J connectivity index is 1.64. The molecule has 3 aromatic heterocycles. The van der Waals surface area contributed by atoms with Crippen molar-refractivity contribution < 1.29 is 4.79 Å². The number of rotatable bonds is 5. The number of pyridine rings is 1. The lowest BCUT2D eigenvalue weighted by atomic mass is 10.1. The summed E-state index contributed by atoms with van der Waals surface area (Å²) in [6.07, 6.45) is 4.84. The zero-order valence-corrected chi connectivity index (χ0v) is 16.9. The number of aromatic amines is 1. The van der Waals surface area contributed by atoms with Gasteiger partial charge < -0.3 is 20.6 Å². The predicted octanol–water partition coefficient (Wildman–Crippen LogP) is 3.53.